The largest absolute Gasteiger partial charge is 0.465 e. The smallest absolute Gasteiger partial charge is 0.370 e. The van der Waals surface area contributed by atoms with E-state index in [1.807, 2.05) is 13.8 Å². The fourth-order valence-electron chi connectivity index (χ4n) is 1.85. The Bertz CT molecular complexity index is 611. The van der Waals surface area contributed by atoms with Gasteiger partial charge in [0.1, 0.15) is 0 Å². The predicted octanol–water partition coefficient (Wildman–Crippen LogP) is -0.342. The van der Waals surface area contributed by atoms with Gasteiger partial charge in [0.2, 0.25) is 6.10 Å². The van der Waals surface area contributed by atoms with Crippen LogP contribution in [0.2, 0.25) is 0 Å². The van der Waals surface area contributed by atoms with E-state index in [9.17, 15) is 28.8 Å². The van der Waals surface area contributed by atoms with Gasteiger partial charge in [-0.05, 0) is 5.92 Å². The Labute approximate surface area is 154 Å². The second kappa shape index (κ2) is 10.2. The molecule has 0 spiro atoms. The maximum atomic E-state index is 12.0. The van der Waals surface area contributed by atoms with Gasteiger partial charge in [-0.25, -0.2) is 9.59 Å². The molecule has 1 saturated heterocycles. The third-order valence-corrected chi connectivity index (χ3v) is 3.03. The van der Waals surface area contributed by atoms with Crippen LogP contribution < -0.4 is 0 Å². The van der Waals surface area contributed by atoms with Crippen LogP contribution in [0.15, 0.2) is 0 Å². The topological polar surface area (TPSA) is 143 Å². The van der Waals surface area contributed by atoms with Gasteiger partial charge in [0.15, 0.2) is 6.61 Å². The Morgan fingerprint density at radius 1 is 1.00 bits per heavy atom. The fraction of sp³-hybridized carbons (Fsp3) is 0.625. The lowest BCUT2D eigenvalue weighted by atomic mass is 10.2. The molecule has 27 heavy (non-hydrogen) atoms. The van der Waals surface area contributed by atoms with Crippen molar-refractivity contribution in [2.75, 3.05) is 13.2 Å². The van der Waals surface area contributed by atoms with Gasteiger partial charge in [-0.1, -0.05) is 13.8 Å². The highest BCUT2D eigenvalue weighted by Crippen LogP contribution is 2.12. The molecule has 0 aliphatic carbocycles. The third-order valence-electron chi connectivity index (χ3n) is 3.03. The number of imide groups is 1. The molecule has 0 bridgehead atoms. The van der Waals surface area contributed by atoms with Crippen LogP contribution in [0.3, 0.4) is 0 Å². The van der Waals surface area contributed by atoms with Crippen LogP contribution in [-0.4, -0.2) is 60.1 Å². The van der Waals surface area contributed by atoms with Crippen molar-refractivity contribution >= 4 is 35.7 Å². The third kappa shape index (κ3) is 7.84. The summed E-state index contributed by atoms with van der Waals surface area (Å²) in [5.74, 6) is -5.31. The lowest BCUT2D eigenvalue weighted by Crippen LogP contribution is -2.36. The van der Waals surface area contributed by atoms with Gasteiger partial charge in [0, 0.05) is 19.8 Å². The van der Waals surface area contributed by atoms with Crippen molar-refractivity contribution in [1.29, 1.82) is 0 Å². The average Bonchev–Trinajstić information content (AvgIpc) is 2.88. The molecule has 0 aromatic carbocycles. The van der Waals surface area contributed by atoms with E-state index in [0.717, 1.165) is 6.92 Å². The Kier molecular flexibility index (Phi) is 8.36. The number of carbonyl (C=O) groups is 6. The van der Waals surface area contributed by atoms with Crippen molar-refractivity contribution in [2.45, 2.75) is 46.1 Å². The molecule has 150 valence electrons. The van der Waals surface area contributed by atoms with Crippen LogP contribution in [0.4, 0.5) is 0 Å². The van der Waals surface area contributed by atoms with E-state index in [-0.39, 0.29) is 25.4 Å². The van der Waals surface area contributed by atoms with Crippen LogP contribution in [0.1, 0.15) is 40.0 Å². The van der Waals surface area contributed by atoms with Gasteiger partial charge in [-0.3, -0.25) is 19.2 Å². The van der Waals surface area contributed by atoms with Gasteiger partial charge in [-0.2, -0.15) is 0 Å². The lowest BCUT2D eigenvalue weighted by molar-refractivity contribution is -0.201. The lowest BCUT2D eigenvalue weighted by Gasteiger charge is -2.16. The summed E-state index contributed by atoms with van der Waals surface area (Å²) in [6, 6.07) is 0. The van der Waals surface area contributed by atoms with Crippen molar-refractivity contribution in [3.05, 3.63) is 0 Å². The number of carbonyl (C=O) groups excluding carboxylic acids is 6. The number of esters is 3. The molecule has 1 fully saturated rings. The van der Waals surface area contributed by atoms with Gasteiger partial charge in [0.25, 0.3) is 11.8 Å². The molecule has 0 saturated carbocycles. The van der Waals surface area contributed by atoms with E-state index in [4.69, 9.17) is 9.47 Å². The Morgan fingerprint density at radius 2 is 1.59 bits per heavy atom. The van der Waals surface area contributed by atoms with Crippen molar-refractivity contribution in [1.82, 2.24) is 5.06 Å². The van der Waals surface area contributed by atoms with Crippen molar-refractivity contribution in [3.63, 3.8) is 0 Å². The number of nitrogens with zero attached hydrogens (tertiary/aromatic N) is 1. The Hall–Kier alpha value is -2.98. The zero-order chi connectivity index (χ0) is 20.6. The summed E-state index contributed by atoms with van der Waals surface area (Å²) in [5, 5.41) is 0.295. The first-order chi connectivity index (χ1) is 12.6. The average molecular weight is 387 g/mol. The van der Waals surface area contributed by atoms with E-state index in [1.54, 1.807) is 0 Å². The van der Waals surface area contributed by atoms with E-state index < -0.39 is 54.8 Å². The van der Waals surface area contributed by atoms with E-state index in [2.05, 4.69) is 9.57 Å². The molecule has 0 aromatic heterocycles. The number of ether oxygens (including phenoxy) is 3. The summed E-state index contributed by atoms with van der Waals surface area (Å²) in [4.78, 5) is 73.5. The molecule has 1 rings (SSSR count). The van der Waals surface area contributed by atoms with Crippen LogP contribution >= 0.6 is 0 Å². The molecule has 0 aromatic rings. The monoisotopic (exact) mass is 387 g/mol. The van der Waals surface area contributed by atoms with Crippen LogP contribution in [-0.2, 0) is 47.8 Å². The van der Waals surface area contributed by atoms with Gasteiger partial charge in [-0.15, -0.1) is 5.06 Å². The fourth-order valence-corrected chi connectivity index (χ4v) is 1.85. The number of hydrogen-bond donors (Lipinski definition) is 0. The summed E-state index contributed by atoms with van der Waals surface area (Å²) in [6.07, 6.45) is -2.37. The van der Waals surface area contributed by atoms with E-state index in [1.165, 1.54) is 0 Å². The summed E-state index contributed by atoms with van der Waals surface area (Å²) >= 11 is 0. The van der Waals surface area contributed by atoms with Crippen molar-refractivity contribution in [3.8, 4) is 0 Å². The zero-order valence-electron chi connectivity index (χ0n) is 15.2. The minimum absolute atomic E-state index is 0.0684. The van der Waals surface area contributed by atoms with Crippen molar-refractivity contribution < 1.29 is 47.8 Å². The van der Waals surface area contributed by atoms with Gasteiger partial charge >= 0.3 is 23.9 Å². The van der Waals surface area contributed by atoms with Crippen LogP contribution in [0.5, 0.6) is 0 Å². The van der Waals surface area contributed by atoms with Crippen LogP contribution in [0, 0.1) is 5.92 Å². The molecule has 11 nitrogen and oxygen atoms in total. The van der Waals surface area contributed by atoms with Gasteiger partial charge in [0.05, 0.1) is 13.0 Å². The normalized spacial score (nSPS) is 14.7. The predicted molar refractivity (Wildman–Crippen MR) is 84.1 cm³/mol. The SMILES string of the molecule is CC(=O)O[C@@H](CC(=O)OCC(C)C)C(=O)OCC(=O)ON1C(=O)CCC1=O. The first kappa shape index (κ1) is 22.1. The number of hydrogen-bond acceptors (Lipinski definition) is 10. The minimum Gasteiger partial charge on any atom is -0.465 e. The molecular formula is C16H21NO10. The zero-order valence-corrected chi connectivity index (χ0v) is 15.2. The molecule has 1 aliphatic rings. The van der Waals surface area contributed by atoms with E-state index in [0.29, 0.717) is 5.06 Å². The first-order valence-electron chi connectivity index (χ1n) is 8.16. The number of amides is 2. The number of hydroxylamine groups is 2. The maximum absolute atomic E-state index is 12.0. The summed E-state index contributed by atoms with van der Waals surface area (Å²) in [7, 11) is 0. The quantitative estimate of drug-likeness (QED) is 0.293. The molecule has 2 amide bonds. The van der Waals surface area contributed by atoms with Gasteiger partial charge < -0.3 is 19.0 Å². The summed E-state index contributed by atoms with van der Waals surface area (Å²) < 4.78 is 14.2. The number of rotatable bonds is 9. The Morgan fingerprint density at radius 3 is 2.11 bits per heavy atom. The molecule has 0 radical (unpaired) electrons. The maximum Gasteiger partial charge on any atom is 0.370 e. The minimum atomic E-state index is -1.61. The molecule has 1 atom stereocenters. The van der Waals surface area contributed by atoms with Crippen LogP contribution in [0.25, 0.3) is 0 Å². The molecular weight excluding hydrogens is 366 g/mol. The first-order valence-corrected chi connectivity index (χ1v) is 8.16. The highest BCUT2D eigenvalue weighted by Gasteiger charge is 2.34. The highest BCUT2D eigenvalue weighted by molar-refractivity contribution is 6.01. The summed E-state index contributed by atoms with van der Waals surface area (Å²) in [5.41, 5.74) is 0. The highest BCUT2D eigenvalue weighted by atomic mass is 16.7. The van der Waals surface area contributed by atoms with E-state index >= 15 is 0 Å². The summed E-state index contributed by atoms with van der Waals surface area (Å²) in [6.45, 7) is 3.82. The van der Waals surface area contributed by atoms with Crippen molar-refractivity contribution in [2.24, 2.45) is 5.92 Å². The second-order valence-electron chi connectivity index (χ2n) is 6.03. The standard InChI is InChI=1S/C16H21NO10/c1-9(2)7-24-14(21)6-11(26-10(3)18)16(23)25-8-15(22)27-17-12(19)4-5-13(17)20/h9,11H,4-8H2,1-3H3/t11-/m0/s1. The molecule has 0 unspecified atom stereocenters. The second-order valence-corrected chi connectivity index (χ2v) is 6.03. The molecule has 11 heteroatoms. The Balaban J connectivity index is 2.53. The molecule has 1 aliphatic heterocycles. The molecule has 0 N–H and O–H groups in total. The molecule has 1 heterocycles.